The minimum atomic E-state index is -3.89. The maximum absolute atomic E-state index is 12.5. The van der Waals surface area contributed by atoms with E-state index in [4.69, 9.17) is 4.74 Å². The molecule has 1 amide bonds. The molecule has 1 aromatic heterocycles. The van der Waals surface area contributed by atoms with Gasteiger partial charge in [0, 0.05) is 33.3 Å². The quantitative estimate of drug-likeness (QED) is 0.568. The number of carbonyl (C=O) groups excluding carboxylic acids is 1. The number of nitrogens with zero attached hydrogens (tertiary/aromatic N) is 5. The number of hydrogen-bond donors (Lipinski definition) is 0. The summed E-state index contributed by atoms with van der Waals surface area (Å²) >= 11 is 0. The highest BCUT2D eigenvalue weighted by atomic mass is 32.2. The Morgan fingerprint density at radius 3 is 2.50 bits per heavy atom. The standard InChI is InChI=1S/C14H23N5O4S/c1-5-8-17(9-6-2)14(20)19-12-15-13(16-19)24(21,22)18(7-3)10-11-23-4/h5-6,12H,1-2,7-11H2,3-4H3. The van der Waals surface area contributed by atoms with E-state index in [0.717, 1.165) is 11.0 Å². The van der Waals surface area contributed by atoms with E-state index in [0.29, 0.717) is 0 Å². The molecule has 134 valence electrons. The summed E-state index contributed by atoms with van der Waals surface area (Å²) in [5.74, 6) is 0. The van der Waals surface area contributed by atoms with Crippen molar-refractivity contribution >= 4 is 16.1 Å². The van der Waals surface area contributed by atoms with Gasteiger partial charge in [-0.2, -0.15) is 8.99 Å². The molecule has 24 heavy (non-hydrogen) atoms. The van der Waals surface area contributed by atoms with E-state index >= 15 is 0 Å². The fourth-order valence-electron chi connectivity index (χ4n) is 1.90. The summed E-state index contributed by atoms with van der Waals surface area (Å²) in [6, 6.07) is -0.510. The highest BCUT2D eigenvalue weighted by Gasteiger charge is 2.28. The van der Waals surface area contributed by atoms with E-state index in [-0.39, 0.29) is 32.8 Å². The molecule has 0 aromatic carbocycles. The van der Waals surface area contributed by atoms with E-state index in [2.05, 4.69) is 23.2 Å². The van der Waals surface area contributed by atoms with Crippen LogP contribution in [0.5, 0.6) is 0 Å². The number of ether oxygens (including phenoxy) is 1. The number of hydrogen-bond acceptors (Lipinski definition) is 6. The van der Waals surface area contributed by atoms with Crippen LogP contribution in [0.1, 0.15) is 6.92 Å². The molecule has 1 rings (SSSR count). The predicted octanol–water partition coefficient (Wildman–Crippen LogP) is 0.577. The smallest absolute Gasteiger partial charge is 0.346 e. The molecule has 0 aliphatic heterocycles. The first-order valence-electron chi connectivity index (χ1n) is 7.34. The molecule has 0 bridgehead atoms. The fourth-order valence-corrected chi connectivity index (χ4v) is 3.16. The summed E-state index contributed by atoms with van der Waals surface area (Å²) in [5.41, 5.74) is 0. The predicted molar refractivity (Wildman–Crippen MR) is 89.1 cm³/mol. The van der Waals surface area contributed by atoms with Gasteiger partial charge in [0.2, 0.25) is 0 Å². The third-order valence-corrected chi connectivity index (χ3v) is 4.87. The Morgan fingerprint density at radius 1 is 1.38 bits per heavy atom. The molecule has 0 saturated heterocycles. The van der Waals surface area contributed by atoms with Crippen molar-refractivity contribution in [2.75, 3.05) is 39.9 Å². The molecule has 0 N–H and O–H groups in total. The highest BCUT2D eigenvalue weighted by Crippen LogP contribution is 2.10. The van der Waals surface area contributed by atoms with Gasteiger partial charge in [-0.1, -0.05) is 19.1 Å². The minimum absolute atomic E-state index is 0.177. The number of aromatic nitrogens is 3. The normalized spacial score (nSPS) is 11.5. The first-order valence-corrected chi connectivity index (χ1v) is 8.78. The molecule has 0 saturated carbocycles. The molecule has 0 atom stereocenters. The van der Waals surface area contributed by atoms with Crippen molar-refractivity contribution in [2.24, 2.45) is 0 Å². The van der Waals surface area contributed by atoms with Crippen molar-refractivity contribution < 1.29 is 17.9 Å². The van der Waals surface area contributed by atoms with Crippen LogP contribution in [-0.4, -0.2) is 78.3 Å². The zero-order valence-electron chi connectivity index (χ0n) is 14.0. The molecule has 0 unspecified atom stereocenters. The van der Waals surface area contributed by atoms with Crippen molar-refractivity contribution in [2.45, 2.75) is 12.1 Å². The third-order valence-electron chi connectivity index (χ3n) is 3.10. The van der Waals surface area contributed by atoms with E-state index in [1.54, 1.807) is 19.1 Å². The number of rotatable bonds is 10. The van der Waals surface area contributed by atoms with E-state index in [1.807, 2.05) is 0 Å². The largest absolute Gasteiger partial charge is 0.383 e. The molecule has 1 aromatic rings. The zero-order valence-corrected chi connectivity index (χ0v) is 14.8. The second kappa shape index (κ2) is 9.30. The van der Waals surface area contributed by atoms with Gasteiger partial charge in [0.25, 0.3) is 15.2 Å². The number of sulfonamides is 1. The second-order valence-corrected chi connectivity index (χ2v) is 6.56. The SMILES string of the molecule is C=CCN(CC=C)C(=O)n1cnc(S(=O)(=O)N(CC)CCOC)n1. The van der Waals surface area contributed by atoms with Crippen molar-refractivity contribution in [3.63, 3.8) is 0 Å². The third kappa shape index (κ3) is 4.73. The monoisotopic (exact) mass is 357 g/mol. The van der Waals surface area contributed by atoms with Crippen molar-refractivity contribution in [3.8, 4) is 0 Å². The van der Waals surface area contributed by atoms with E-state index in [1.165, 1.54) is 16.3 Å². The molecule has 1 heterocycles. The van der Waals surface area contributed by atoms with Crippen LogP contribution in [0.4, 0.5) is 4.79 Å². The summed E-state index contributed by atoms with van der Waals surface area (Å²) in [5, 5.41) is 3.39. The van der Waals surface area contributed by atoms with Crippen molar-refractivity contribution in [3.05, 3.63) is 31.6 Å². The lowest BCUT2D eigenvalue weighted by molar-refractivity contribution is 0.180. The Bertz CT molecular complexity index is 660. The first-order chi connectivity index (χ1) is 11.4. The van der Waals surface area contributed by atoms with Crippen LogP contribution in [0.25, 0.3) is 0 Å². The lowest BCUT2D eigenvalue weighted by atomic mass is 10.5. The topological polar surface area (TPSA) is 97.6 Å². The Kier molecular flexibility index (Phi) is 7.75. The average molecular weight is 357 g/mol. The van der Waals surface area contributed by atoms with Gasteiger partial charge in [0.05, 0.1) is 6.61 Å². The van der Waals surface area contributed by atoms with Crippen LogP contribution >= 0.6 is 0 Å². The Morgan fingerprint density at radius 2 is 2.00 bits per heavy atom. The van der Waals surface area contributed by atoms with Gasteiger partial charge in [-0.3, -0.25) is 0 Å². The van der Waals surface area contributed by atoms with Gasteiger partial charge >= 0.3 is 6.03 Å². The molecular weight excluding hydrogens is 334 g/mol. The van der Waals surface area contributed by atoms with Crippen LogP contribution < -0.4 is 0 Å². The van der Waals surface area contributed by atoms with E-state index in [9.17, 15) is 13.2 Å². The second-order valence-electron chi connectivity index (χ2n) is 4.73. The van der Waals surface area contributed by atoms with Crippen molar-refractivity contribution in [1.29, 1.82) is 0 Å². The van der Waals surface area contributed by atoms with Crippen LogP contribution in [0.2, 0.25) is 0 Å². The number of amides is 1. The van der Waals surface area contributed by atoms with Gasteiger partial charge in [-0.25, -0.2) is 18.2 Å². The molecule has 9 nitrogen and oxygen atoms in total. The van der Waals surface area contributed by atoms with Crippen LogP contribution in [-0.2, 0) is 14.8 Å². The number of likely N-dealkylation sites (N-methyl/N-ethyl adjacent to an activating group) is 1. The van der Waals surface area contributed by atoms with E-state index < -0.39 is 21.2 Å². The Hall–Kier alpha value is -2.04. The molecule has 0 spiro atoms. The molecule has 0 fully saturated rings. The molecular formula is C14H23N5O4S. The van der Waals surface area contributed by atoms with Gasteiger partial charge in [-0.15, -0.1) is 18.3 Å². The van der Waals surface area contributed by atoms with Crippen LogP contribution in [0, 0.1) is 0 Å². The maximum Gasteiger partial charge on any atom is 0.346 e. The summed E-state index contributed by atoms with van der Waals surface area (Å²) in [6.45, 7) is 10.1. The van der Waals surface area contributed by atoms with Gasteiger partial charge in [-0.05, 0) is 0 Å². The van der Waals surface area contributed by atoms with Crippen LogP contribution in [0.3, 0.4) is 0 Å². The minimum Gasteiger partial charge on any atom is -0.383 e. The lowest BCUT2D eigenvalue weighted by Gasteiger charge is -2.18. The van der Waals surface area contributed by atoms with Gasteiger partial charge < -0.3 is 9.64 Å². The molecule has 10 heteroatoms. The summed E-state index contributed by atoms with van der Waals surface area (Å²) < 4.78 is 32.0. The fraction of sp³-hybridized carbons (Fsp3) is 0.500. The highest BCUT2D eigenvalue weighted by molar-refractivity contribution is 7.88. The number of carbonyl (C=O) groups is 1. The Labute approximate surface area is 142 Å². The Balaban J connectivity index is 3.03. The summed E-state index contributed by atoms with van der Waals surface area (Å²) in [4.78, 5) is 17.5. The van der Waals surface area contributed by atoms with Crippen LogP contribution in [0.15, 0.2) is 36.8 Å². The first kappa shape index (κ1) is 20.0. The van der Waals surface area contributed by atoms with Gasteiger partial charge in [0.1, 0.15) is 6.33 Å². The zero-order chi connectivity index (χ0) is 18.2. The molecule has 0 aliphatic carbocycles. The maximum atomic E-state index is 12.5. The molecule has 0 radical (unpaired) electrons. The number of methoxy groups -OCH3 is 1. The average Bonchev–Trinajstić information content (AvgIpc) is 3.05. The summed E-state index contributed by atoms with van der Waals surface area (Å²) in [6.07, 6.45) is 4.19. The summed E-state index contributed by atoms with van der Waals surface area (Å²) in [7, 11) is -2.40. The molecule has 0 aliphatic rings. The van der Waals surface area contributed by atoms with Gasteiger partial charge in [0.15, 0.2) is 0 Å². The van der Waals surface area contributed by atoms with Crippen molar-refractivity contribution in [1.82, 2.24) is 24.0 Å². The lowest BCUT2D eigenvalue weighted by Crippen LogP contribution is -2.36.